The van der Waals surface area contributed by atoms with Gasteiger partial charge in [-0.05, 0) is 24.6 Å². The number of hydrogen-bond donors (Lipinski definition) is 1. The average molecular weight is 306 g/mol. The van der Waals surface area contributed by atoms with Gasteiger partial charge in [-0.2, -0.15) is 0 Å². The Kier molecular flexibility index (Phi) is 5.39. The van der Waals surface area contributed by atoms with E-state index in [1.807, 2.05) is 31.2 Å². The van der Waals surface area contributed by atoms with Crippen LogP contribution in [0.4, 0.5) is 5.82 Å². The number of aromatic nitrogens is 2. The normalized spacial score (nSPS) is 10.5. The third-order valence-electron chi connectivity index (χ3n) is 3.08. The molecular weight excluding hydrogens is 286 g/mol. The molecule has 0 aliphatic rings. The molecule has 2 rings (SSSR count). The highest BCUT2D eigenvalue weighted by molar-refractivity contribution is 6.30. The number of nitrogens with zero attached hydrogens (tertiary/aromatic N) is 2. The van der Waals surface area contributed by atoms with E-state index in [4.69, 9.17) is 16.3 Å². The Hall–Kier alpha value is -1.81. The highest BCUT2D eigenvalue weighted by Crippen LogP contribution is 2.32. The summed E-state index contributed by atoms with van der Waals surface area (Å²) in [5.74, 6) is 2.38. The van der Waals surface area contributed by atoms with Crippen LogP contribution in [0.3, 0.4) is 0 Å². The summed E-state index contributed by atoms with van der Waals surface area (Å²) in [5.41, 5.74) is 1.70. The van der Waals surface area contributed by atoms with E-state index >= 15 is 0 Å². The zero-order valence-electron chi connectivity index (χ0n) is 12.6. The van der Waals surface area contributed by atoms with Crippen LogP contribution in [0.15, 0.2) is 24.3 Å². The minimum Gasteiger partial charge on any atom is -0.496 e. The highest BCUT2D eigenvalue weighted by atomic mass is 35.5. The third-order valence-corrected chi connectivity index (χ3v) is 3.32. The molecule has 0 spiro atoms. The van der Waals surface area contributed by atoms with Gasteiger partial charge in [-0.3, -0.25) is 0 Å². The van der Waals surface area contributed by atoms with Crippen LogP contribution in [-0.4, -0.2) is 23.6 Å². The van der Waals surface area contributed by atoms with Gasteiger partial charge in [0.05, 0.1) is 12.8 Å². The number of benzene rings is 1. The second-order valence-corrected chi connectivity index (χ2v) is 5.12. The molecular formula is C16H20ClN3O. The fourth-order valence-corrected chi connectivity index (χ4v) is 2.19. The highest BCUT2D eigenvalue weighted by Gasteiger charge is 2.11. The molecule has 4 nitrogen and oxygen atoms in total. The standard InChI is InChI=1S/C16H20ClN3O/c1-4-8-18-16-10-13(19-15(5-2)20-16)12-9-11(17)6-7-14(12)21-3/h6-7,9-10H,4-5,8H2,1-3H3,(H,18,19,20). The van der Waals surface area contributed by atoms with Crippen LogP contribution in [-0.2, 0) is 6.42 Å². The summed E-state index contributed by atoms with van der Waals surface area (Å²) in [4.78, 5) is 9.09. The quantitative estimate of drug-likeness (QED) is 0.869. The largest absolute Gasteiger partial charge is 0.496 e. The molecule has 0 bridgehead atoms. The number of rotatable bonds is 6. The molecule has 1 aromatic carbocycles. The molecule has 0 atom stereocenters. The van der Waals surface area contributed by atoms with Crippen LogP contribution in [0, 0.1) is 0 Å². The summed E-state index contributed by atoms with van der Waals surface area (Å²) in [5, 5.41) is 3.96. The molecule has 1 aromatic heterocycles. The van der Waals surface area contributed by atoms with Crippen LogP contribution in [0.1, 0.15) is 26.1 Å². The van der Waals surface area contributed by atoms with Crippen LogP contribution < -0.4 is 10.1 Å². The van der Waals surface area contributed by atoms with Crippen molar-refractivity contribution in [3.63, 3.8) is 0 Å². The number of methoxy groups -OCH3 is 1. The summed E-state index contributed by atoms with van der Waals surface area (Å²) in [6, 6.07) is 7.46. The maximum Gasteiger partial charge on any atom is 0.131 e. The van der Waals surface area contributed by atoms with Crippen LogP contribution in [0.5, 0.6) is 5.75 Å². The number of nitrogens with one attached hydrogen (secondary N) is 1. The maximum absolute atomic E-state index is 6.11. The molecule has 21 heavy (non-hydrogen) atoms. The van der Waals surface area contributed by atoms with Crippen LogP contribution in [0.25, 0.3) is 11.3 Å². The molecule has 0 saturated heterocycles. The first-order chi connectivity index (χ1) is 10.2. The van der Waals surface area contributed by atoms with Crippen LogP contribution in [0.2, 0.25) is 5.02 Å². The molecule has 0 fully saturated rings. The smallest absolute Gasteiger partial charge is 0.131 e. The minimum atomic E-state index is 0.658. The maximum atomic E-state index is 6.11. The first-order valence-corrected chi connectivity index (χ1v) is 7.51. The van der Waals surface area contributed by atoms with E-state index in [1.54, 1.807) is 7.11 Å². The van der Waals surface area contributed by atoms with E-state index in [0.717, 1.165) is 48.0 Å². The molecule has 0 aliphatic carbocycles. The van der Waals surface area contributed by atoms with Gasteiger partial charge in [0.15, 0.2) is 0 Å². The summed E-state index contributed by atoms with van der Waals surface area (Å²) >= 11 is 6.11. The molecule has 0 saturated carbocycles. The number of halogens is 1. The SMILES string of the molecule is CCCNc1cc(-c2cc(Cl)ccc2OC)nc(CC)n1. The van der Waals surface area contributed by atoms with E-state index in [0.29, 0.717) is 5.02 Å². The van der Waals surface area contributed by atoms with Gasteiger partial charge in [0.2, 0.25) is 0 Å². The van der Waals surface area contributed by atoms with E-state index in [9.17, 15) is 0 Å². The zero-order chi connectivity index (χ0) is 15.2. The fourth-order valence-electron chi connectivity index (χ4n) is 2.02. The van der Waals surface area contributed by atoms with Crippen molar-refractivity contribution in [3.8, 4) is 17.0 Å². The lowest BCUT2D eigenvalue weighted by Crippen LogP contribution is -2.06. The third kappa shape index (κ3) is 3.85. The van der Waals surface area contributed by atoms with Crippen molar-refractivity contribution in [1.29, 1.82) is 0 Å². The van der Waals surface area contributed by atoms with Gasteiger partial charge in [0.1, 0.15) is 17.4 Å². The molecule has 0 aliphatic heterocycles. The van der Waals surface area contributed by atoms with Crippen molar-refractivity contribution in [1.82, 2.24) is 9.97 Å². The van der Waals surface area contributed by atoms with Crippen molar-refractivity contribution in [2.75, 3.05) is 19.0 Å². The van der Waals surface area contributed by atoms with Gasteiger partial charge in [-0.25, -0.2) is 9.97 Å². The Bertz CT molecular complexity index is 616. The van der Waals surface area contributed by atoms with Crippen molar-refractivity contribution in [2.24, 2.45) is 0 Å². The molecule has 0 radical (unpaired) electrons. The number of ether oxygens (including phenoxy) is 1. The Morgan fingerprint density at radius 2 is 2.00 bits per heavy atom. The topological polar surface area (TPSA) is 47.0 Å². The second kappa shape index (κ2) is 7.27. The zero-order valence-corrected chi connectivity index (χ0v) is 13.4. The van der Waals surface area contributed by atoms with Crippen molar-refractivity contribution >= 4 is 17.4 Å². The van der Waals surface area contributed by atoms with Gasteiger partial charge in [-0.15, -0.1) is 0 Å². The Morgan fingerprint density at radius 1 is 1.19 bits per heavy atom. The van der Waals surface area contributed by atoms with Gasteiger partial charge >= 0.3 is 0 Å². The summed E-state index contributed by atoms with van der Waals surface area (Å²) in [7, 11) is 1.64. The lowest BCUT2D eigenvalue weighted by molar-refractivity contribution is 0.416. The predicted octanol–water partition coefficient (Wildman–Crippen LogP) is 4.19. The fraction of sp³-hybridized carbons (Fsp3) is 0.375. The molecule has 0 amide bonds. The summed E-state index contributed by atoms with van der Waals surface area (Å²) in [6.07, 6.45) is 1.82. The predicted molar refractivity (Wildman–Crippen MR) is 87.2 cm³/mol. The number of hydrogen-bond acceptors (Lipinski definition) is 4. The van der Waals surface area contributed by atoms with Gasteiger partial charge in [-0.1, -0.05) is 25.4 Å². The Morgan fingerprint density at radius 3 is 2.67 bits per heavy atom. The molecule has 2 aromatic rings. The van der Waals surface area contributed by atoms with E-state index < -0.39 is 0 Å². The first kappa shape index (κ1) is 15.6. The summed E-state index contributed by atoms with van der Waals surface area (Å²) < 4.78 is 5.41. The molecule has 112 valence electrons. The van der Waals surface area contributed by atoms with Crippen molar-refractivity contribution < 1.29 is 4.74 Å². The molecule has 1 N–H and O–H groups in total. The molecule has 1 heterocycles. The first-order valence-electron chi connectivity index (χ1n) is 7.13. The monoisotopic (exact) mass is 305 g/mol. The van der Waals surface area contributed by atoms with Crippen LogP contribution >= 0.6 is 11.6 Å². The van der Waals surface area contributed by atoms with Crippen molar-refractivity contribution in [3.05, 3.63) is 35.1 Å². The Balaban J connectivity index is 2.49. The van der Waals surface area contributed by atoms with E-state index in [-0.39, 0.29) is 0 Å². The number of aryl methyl sites for hydroxylation is 1. The van der Waals surface area contributed by atoms with E-state index in [2.05, 4.69) is 22.2 Å². The lowest BCUT2D eigenvalue weighted by Gasteiger charge is -2.12. The minimum absolute atomic E-state index is 0.658. The van der Waals surface area contributed by atoms with E-state index in [1.165, 1.54) is 0 Å². The van der Waals surface area contributed by atoms with Gasteiger partial charge < -0.3 is 10.1 Å². The second-order valence-electron chi connectivity index (χ2n) is 4.68. The Labute approximate surface area is 130 Å². The lowest BCUT2D eigenvalue weighted by atomic mass is 10.1. The molecule has 0 unspecified atom stereocenters. The molecule has 5 heteroatoms. The van der Waals surface area contributed by atoms with Crippen molar-refractivity contribution in [2.45, 2.75) is 26.7 Å². The number of anilines is 1. The van der Waals surface area contributed by atoms with Gasteiger partial charge in [0.25, 0.3) is 0 Å². The van der Waals surface area contributed by atoms with Gasteiger partial charge in [0, 0.05) is 29.6 Å². The summed E-state index contributed by atoms with van der Waals surface area (Å²) in [6.45, 7) is 5.04. The average Bonchev–Trinajstić information content (AvgIpc) is 2.52.